The SMILES string of the molecule is CC=C1[C]=C(c2ccccc2)C=C1. The minimum Gasteiger partial charge on any atom is -0.0797 e. The van der Waals surface area contributed by atoms with E-state index in [1.54, 1.807) is 0 Å². The van der Waals surface area contributed by atoms with E-state index in [4.69, 9.17) is 0 Å². The fourth-order valence-electron chi connectivity index (χ4n) is 1.37. The molecule has 1 aromatic rings. The standard InChI is InChI=1S/C13H11/c1-2-11-8-9-13(10-11)12-6-4-3-5-7-12/h2-9H,1H3. The molecule has 0 saturated heterocycles. The summed E-state index contributed by atoms with van der Waals surface area (Å²) in [4.78, 5) is 0. The van der Waals surface area contributed by atoms with E-state index in [0.717, 1.165) is 0 Å². The van der Waals surface area contributed by atoms with E-state index in [1.165, 1.54) is 16.7 Å². The van der Waals surface area contributed by atoms with Gasteiger partial charge in [-0.05, 0) is 29.7 Å². The Morgan fingerprint density at radius 1 is 1.08 bits per heavy atom. The highest BCUT2D eigenvalue weighted by Gasteiger charge is 2.03. The number of hydrogen-bond acceptors (Lipinski definition) is 0. The van der Waals surface area contributed by atoms with Gasteiger partial charge in [-0.2, -0.15) is 0 Å². The molecule has 0 aromatic heterocycles. The van der Waals surface area contributed by atoms with Crippen molar-refractivity contribution < 1.29 is 0 Å². The van der Waals surface area contributed by atoms with E-state index in [9.17, 15) is 0 Å². The van der Waals surface area contributed by atoms with Crippen molar-refractivity contribution in [1.29, 1.82) is 0 Å². The quantitative estimate of drug-likeness (QED) is 0.601. The maximum absolute atomic E-state index is 3.32. The van der Waals surface area contributed by atoms with Gasteiger partial charge in [0.1, 0.15) is 0 Å². The van der Waals surface area contributed by atoms with Gasteiger partial charge in [-0.3, -0.25) is 0 Å². The zero-order valence-electron chi connectivity index (χ0n) is 7.62. The molecule has 0 nitrogen and oxygen atoms in total. The monoisotopic (exact) mass is 167 g/mol. The summed E-state index contributed by atoms with van der Waals surface area (Å²) in [6, 6.07) is 10.3. The van der Waals surface area contributed by atoms with Crippen LogP contribution in [0.2, 0.25) is 0 Å². The summed E-state index contributed by atoms with van der Waals surface area (Å²) in [5.41, 5.74) is 3.57. The van der Waals surface area contributed by atoms with Crippen LogP contribution in [0.15, 0.2) is 54.1 Å². The van der Waals surface area contributed by atoms with Crippen LogP contribution in [0, 0.1) is 6.08 Å². The van der Waals surface area contributed by atoms with Crippen molar-refractivity contribution >= 4 is 5.57 Å². The third-order valence-corrected chi connectivity index (χ3v) is 2.10. The smallest absolute Gasteiger partial charge is 0.00240 e. The summed E-state index contributed by atoms with van der Waals surface area (Å²) in [6.45, 7) is 2.03. The largest absolute Gasteiger partial charge is 0.0797 e. The van der Waals surface area contributed by atoms with Crippen molar-refractivity contribution in [2.45, 2.75) is 6.92 Å². The first-order valence-electron chi connectivity index (χ1n) is 4.44. The molecule has 1 radical (unpaired) electrons. The van der Waals surface area contributed by atoms with Crippen LogP contribution >= 0.6 is 0 Å². The van der Waals surface area contributed by atoms with Crippen LogP contribution in [-0.2, 0) is 0 Å². The zero-order valence-corrected chi connectivity index (χ0v) is 7.62. The molecule has 0 bridgehead atoms. The molecule has 0 fully saturated rings. The summed E-state index contributed by atoms with van der Waals surface area (Å²) < 4.78 is 0. The minimum atomic E-state index is 1.17. The van der Waals surface area contributed by atoms with Crippen LogP contribution in [0.25, 0.3) is 5.57 Å². The Balaban J connectivity index is 2.36. The predicted molar refractivity (Wildman–Crippen MR) is 56.0 cm³/mol. The molecule has 1 aliphatic rings. The second-order valence-corrected chi connectivity index (χ2v) is 2.98. The molecular formula is C13H11. The van der Waals surface area contributed by atoms with Crippen LogP contribution in [0.1, 0.15) is 12.5 Å². The van der Waals surface area contributed by atoms with Gasteiger partial charge in [0.05, 0.1) is 0 Å². The first-order chi connectivity index (χ1) is 6.40. The van der Waals surface area contributed by atoms with E-state index < -0.39 is 0 Å². The lowest BCUT2D eigenvalue weighted by Gasteiger charge is -1.96. The molecule has 0 heterocycles. The molecule has 2 rings (SSSR count). The van der Waals surface area contributed by atoms with E-state index >= 15 is 0 Å². The molecule has 1 aromatic carbocycles. The first kappa shape index (κ1) is 8.06. The molecular weight excluding hydrogens is 156 g/mol. The van der Waals surface area contributed by atoms with Gasteiger partial charge in [0.25, 0.3) is 0 Å². The molecule has 0 unspecified atom stereocenters. The highest BCUT2D eigenvalue weighted by atomic mass is 14.1. The van der Waals surface area contributed by atoms with Crippen LogP contribution in [0.4, 0.5) is 0 Å². The Hall–Kier alpha value is -1.56. The van der Waals surface area contributed by atoms with Gasteiger partial charge in [-0.1, -0.05) is 48.6 Å². The molecule has 0 atom stereocenters. The van der Waals surface area contributed by atoms with Crippen LogP contribution in [0.5, 0.6) is 0 Å². The third kappa shape index (κ3) is 1.62. The first-order valence-corrected chi connectivity index (χ1v) is 4.44. The molecule has 1 aliphatic carbocycles. The summed E-state index contributed by atoms with van der Waals surface area (Å²) in [6.07, 6.45) is 9.57. The average molecular weight is 167 g/mol. The number of hydrogen-bond donors (Lipinski definition) is 0. The van der Waals surface area contributed by atoms with Crippen LogP contribution < -0.4 is 0 Å². The minimum absolute atomic E-state index is 1.17. The molecule has 63 valence electrons. The lowest BCUT2D eigenvalue weighted by molar-refractivity contribution is 1.59. The van der Waals surface area contributed by atoms with Gasteiger partial charge < -0.3 is 0 Å². The molecule has 0 N–H and O–H groups in total. The van der Waals surface area contributed by atoms with Gasteiger partial charge >= 0.3 is 0 Å². The number of rotatable bonds is 1. The number of benzene rings is 1. The zero-order chi connectivity index (χ0) is 9.10. The number of allylic oxidation sites excluding steroid dienone is 6. The second kappa shape index (κ2) is 3.44. The fourth-order valence-corrected chi connectivity index (χ4v) is 1.37. The van der Waals surface area contributed by atoms with Gasteiger partial charge in [-0.25, -0.2) is 0 Å². The van der Waals surface area contributed by atoms with Crippen molar-refractivity contribution in [3.05, 3.63) is 65.8 Å². The molecule has 13 heavy (non-hydrogen) atoms. The molecule has 0 amide bonds. The second-order valence-electron chi connectivity index (χ2n) is 2.98. The van der Waals surface area contributed by atoms with E-state index in [1.807, 2.05) is 25.1 Å². The Morgan fingerprint density at radius 2 is 1.85 bits per heavy atom. The van der Waals surface area contributed by atoms with Gasteiger partial charge in [0, 0.05) is 0 Å². The Labute approximate surface area is 78.9 Å². The normalized spacial score (nSPS) is 17.9. The van der Waals surface area contributed by atoms with Crippen LogP contribution in [0.3, 0.4) is 0 Å². The van der Waals surface area contributed by atoms with E-state index in [2.05, 4.69) is 36.4 Å². The maximum atomic E-state index is 3.32. The summed E-state index contributed by atoms with van der Waals surface area (Å²) in [7, 11) is 0. The topological polar surface area (TPSA) is 0 Å². The average Bonchev–Trinajstić information content (AvgIpc) is 2.67. The molecule has 0 saturated carbocycles. The fraction of sp³-hybridized carbons (Fsp3) is 0.0769. The predicted octanol–water partition coefficient (Wildman–Crippen LogP) is 3.39. The summed E-state index contributed by atoms with van der Waals surface area (Å²) in [5.74, 6) is 0. The lowest BCUT2D eigenvalue weighted by Crippen LogP contribution is -1.76. The molecule has 0 aliphatic heterocycles. The van der Waals surface area contributed by atoms with Crippen molar-refractivity contribution in [1.82, 2.24) is 0 Å². The van der Waals surface area contributed by atoms with Crippen molar-refractivity contribution in [3.63, 3.8) is 0 Å². The Kier molecular flexibility index (Phi) is 2.13. The summed E-state index contributed by atoms with van der Waals surface area (Å²) >= 11 is 0. The highest BCUT2D eigenvalue weighted by Crippen LogP contribution is 2.23. The highest BCUT2D eigenvalue weighted by molar-refractivity contribution is 5.78. The van der Waals surface area contributed by atoms with E-state index in [0.29, 0.717) is 0 Å². The van der Waals surface area contributed by atoms with Crippen molar-refractivity contribution in [2.75, 3.05) is 0 Å². The maximum Gasteiger partial charge on any atom is -0.00240 e. The van der Waals surface area contributed by atoms with Gasteiger partial charge in [0.2, 0.25) is 0 Å². The van der Waals surface area contributed by atoms with Crippen LogP contribution in [-0.4, -0.2) is 0 Å². The lowest BCUT2D eigenvalue weighted by atomic mass is 10.1. The third-order valence-electron chi connectivity index (χ3n) is 2.10. The molecule has 0 spiro atoms. The summed E-state index contributed by atoms with van der Waals surface area (Å²) in [5, 5.41) is 0. The van der Waals surface area contributed by atoms with Gasteiger partial charge in [0.15, 0.2) is 0 Å². The Bertz CT molecular complexity index is 378. The molecule has 0 heteroatoms. The Morgan fingerprint density at radius 3 is 2.46 bits per heavy atom. The van der Waals surface area contributed by atoms with E-state index in [-0.39, 0.29) is 0 Å². The van der Waals surface area contributed by atoms with Crippen molar-refractivity contribution in [2.24, 2.45) is 0 Å². The van der Waals surface area contributed by atoms with Gasteiger partial charge in [-0.15, -0.1) is 0 Å². The van der Waals surface area contributed by atoms with Crippen molar-refractivity contribution in [3.8, 4) is 0 Å².